The zero-order chi connectivity index (χ0) is 25.3. The first kappa shape index (κ1) is 21.5. The van der Waals surface area contributed by atoms with Gasteiger partial charge in [-0.05, 0) is 12.1 Å². The second-order valence-electron chi connectivity index (χ2n) is 9.32. The monoisotopic (exact) mass is 490 g/mol. The molecule has 1 unspecified atom stereocenters. The van der Waals surface area contributed by atoms with Crippen molar-refractivity contribution in [1.82, 2.24) is 29.7 Å². The van der Waals surface area contributed by atoms with Crippen LogP contribution in [0.15, 0.2) is 67.1 Å². The Hall–Kier alpha value is -4.76. The fourth-order valence-corrected chi connectivity index (χ4v) is 5.79. The van der Waals surface area contributed by atoms with Gasteiger partial charge in [0.05, 0.1) is 16.8 Å². The lowest BCUT2D eigenvalue weighted by Gasteiger charge is -2.26. The summed E-state index contributed by atoms with van der Waals surface area (Å²) in [6.45, 7) is 1.19. The van der Waals surface area contributed by atoms with Gasteiger partial charge in [-0.3, -0.25) is 19.7 Å². The first-order valence-electron chi connectivity index (χ1n) is 12.1. The molecule has 2 aromatic carbocycles. The van der Waals surface area contributed by atoms with Gasteiger partial charge in [-0.1, -0.05) is 36.4 Å². The minimum absolute atomic E-state index is 0.230. The van der Waals surface area contributed by atoms with Crippen LogP contribution >= 0.6 is 0 Å². The van der Waals surface area contributed by atoms with E-state index in [0.29, 0.717) is 35.5 Å². The number of rotatable bonds is 4. The molecule has 7 rings (SSSR count). The van der Waals surface area contributed by atoms with Crippen LogP contribution in [0.5, 0.6) is 0 Å². The van der Waals surface area contributed by atoms with Gasteiger partial charge in [0, 0.05) is 71.7 Å². The van der Waals surface area contributed by atoms with E-state index in [1.165, 1.54) is 6.20 Å². The SMILES string of the molecule is Cn1cc(C2=C(c3c4n(c5ccccc35)CCNC4C(=O)c3ncc[nH]3)C(=O)NC2=O)c2ccccc21. The quantitative estimate of drug-likeness (QED) is 0.265. The van der Waals surface area contributed by atoms with E-state index in [4.69, 9.17) is 0 Å². The Morgan fingerprint density at radius 2 is 1.70 bits per heavy atom. The number of aromatic nitrogens is 4. The smallest absolute Gasteiger partial charge is 0.259 e. The molecule has 9 nitrogen and oxygen atoms in total. The second kappa shape index (κ2) is 7.87. The van der Waals surface area contributed by atoms with E-state index < -0.39 is 17.9 Å². The molecule has 2 amide bonds. The molecule has 0 radical (unpaired) electrons. The summed E-state index contributed by atoms with van der Waals surface area (Å²) in [5.41, 5.74) is 4.39. The number of Topliss-reactive ketones (excluding diaryl/α,β-unsaturated/α-hetero) is 1. The first-order valence-corrected chi connectivity index (χ1v) is 12.1. The summed E-state index contributed by atoms with van der Waals surface area (Å²) in [7, 11) is 1.92. The van der Waals surface area contributed by atoms with Crippen molar-refractivity contribution in [3.8, 4) is 0 Å². The predicted molar refractivity (Wildman–Crippen MR) is 138 cm³/mol. The molecule has 0 bridgehead atoms. The normalized spacial score (nSPS) is 17.6. The fraction of sp³-hybridized carbons (Fsp3) is 0.143. The van der Waals surface area contributed by atoms with Crippen LogP contribution in [0.25, 0.3) is 33.0 Å². The highest BCUT2D eigenvalue weighted by atomic mass is 16.2. The first-order chi connectivity index (χ1) is 18.0. The predicted octanol–water partition coefficient (Wildman–Crippen LogP) is 2.95. The van der Waals surface area contributed by atoms with Crippen LogP contribution in [-0.4, -0.2) is 43.2 Å². The molecule has 0 saturated carbocycles. The number of imide groups is 1. The van der Waals surface area contributed by atoms with Gasteiger partial charge in [0.25, 0.3) is 11.8 Å². The van der Waals surface area contributed by atoms with Gasteiger partial charge < -0.3 is 19.4 Å². The molecule has 5 aromatic rings. The van der Waals surface area contributed by atoms with Crippen LogP contribution in [0.1, 0.15) is 33.5 Å². The molecule has 0 saturated heterocycles. The van der Waals surface area contributed by atoms with Gasteiger partial charge in [0.2, 0.25) is 5.78 Å². The molecule has 3 N–H and O–H groups in total. The van der Waals surface area contributed by atoms with Crippen LogP contribution in [0, 0.1) is 0 Å². The van der Waals surface area contributed by atoms with E-state index in [0.717, 1.165) is 21.8 Å². The van der Waals surface area contributed by atoms with Crippen molar-refractivity contribution in [2.75, 3.05) is 6.54 Å². The largest absolute Gasteiger partial charge is 0.350 e. The number of hydrogen-bond acceptors (Lipinski definition) is 5. The third-order valence-corrected chi connectivity index (χ3v) is 7.31. The summed E-state index contributed by atoms with van der Waals surface area (Å²) >= 11 is 0. The summed E-state index contributed by atoms with van der Waals surface area (Å²) in [6.07, 6.45) is 5.03. The zero-order valence-corrected chi connectivity index (χ0v) is 19.9. The topological polar surface area (TPSA) is 114 Å². The molecule has 0 spiro atoms. The highest BCUT2D eigenvalue weighted by Crippen LogP contribution is 2.43. The number of amides is 2. The number of carbonyl (C=O) groups excluding carboxylic acids is 3. The molecule has 0 fully saturated rings. The average molecular weight is 491 g/mol. The Bertz CT molecular complexity index is 1800. The maximum Gasteiger partial charge on any atom is 0.259 e. The maximum atomic E-state index is 13.6. The van der Waals surface area contributed by atoms with Crippen molar-refractivity contribution in [3.63, 3.8) is 0 Å². The number of ketones is 1. The number of H-pyrrole nitrogens is 1. The van der Waals surface area contributed by atoms with E-state index >= 15 is 0 Å². The Balaban J connectivity index is 1.57. The second-order valence-corrected chi connectivity index (χ2v) is 9.32. The molecule has 3 aromatic heterocycles. The third kappa shape index (κ3) is 3.01. The maximum absolute atomic E-state index is 13.6. The minimum Gasteiger partial charge on any atom is -0.350 e. The van der Waals surface area contributed by atoms with Crippen molar-refractivity contribution in [2.24, 2.45) is 7.05 Å². The number of carbonyl (C=O) groups is 3. The number of hydrogen-bond donors (Lipinski definition) is 3. The highest BCUT2D eigenvalue weighted by Gasteiger charge is 2.41. The van der Waals surface area contributed by atoms with Gasteiger partial charge in [0.15, 0.2) is 5.82 Å². The van der Waals surface area contributed by atoms with Crippen LogP contribution in [0.3, 0.4) is 0 Å². The van der Waals surface area contributed by atoms with Crippen molar-refractivity contribution in [1.29, 1.82) is 0 Å². The van der Waals surface area contributed by atoms with Crippen molar-refractivity contribution in [3.05, 3.63) is 89.8 Å². The molecule has 2 aliphatic rings. The molecule has 182 valence electrons. The van der Waals surface area contributed by atoms with E-state index in [-0.39, 0.29) is 17.2 Å². The number of aromatic amines is 1. The van der Waals surface area contributed by atoms with Gasteiger partial charge in [-0.25, -0.2) is 4.98 Å². The Morgan fingerprint density at radius 1 is 0.973 bits per heavy atom. The molecule has 1 atom stereocenters. The zero-order valence-electron chi connectivity index (χ0n) is 19.9. The molecule has 0 aliphatic carbocycles. The minimum atomic E-state index is -0.743. The van der Waals surface area contributed by atoms with E-state index in [9.17, 15) is 14.4 Å². The number of nitrogens with zero attached hydrogens (tertiary/aromatic N) is 3. The van der Waals surface area contributed by atoms with E-state index in [1.807, 2.05) is 66.3 Å². The number of aryl methyl sites for hydroxylation is 1. The van der Waals surface area contributed by atoms with Crippen molar-refractivity contribution < 1.29 is 14.4 Å². The number of fused-ring (bicyclic) bond motifs is 4. The van der Waals surface area contributed by atoms with Crippen LogP contribution in [0.4, 0.5) is 0 Å². The molecule has 9 heteroatoms. The van der Waals surface area contributed by atoms with Gasteiger partial charge >= 0.3 is 0 Å². The molecule has 2 aliphatic heterocycles. The lowest BCUT2D eigenvalue weighted by Crippen LogP contribution is -2.38. The Morgan fingerprint density at radius 3 is 2.49 bits per heavy atom. The molecular weight excluding hydrogens is 468 g/mol. The summed E-state index contributed by atoms with van der Waals surface area (Å²) in [6, 6.07) is 14.8. The number of benzene rings is 2. The number of imidazole rings is 1. The third-order valence-electron chi connectivity index (χ3n) is 7.31. The molecule has 37 heavy (non-hydrogen) atoms. The lowest BCUT2D eigenvalue weighted by atomic mass is 9.91. The average Bonchev–Trinajstić information content (AvgIpc) is 3.68. The Kier molecular flexibility index (Phi) is 4.58. The molecule has 5 heterocycles. The van der Waals surface area contributed by atoms with E-state index in [2.05, 4.69) is 25.2 Å². The number of nitrogens with one attached hydrogen (secondary N) is 3. The van der Waals surface area contributed by atoms with Crippen molar-refractivity contribution in [2.45, 2.75) is 12.6 Å². The van der Waals surface area contributed by atoms with Gasteiger partial charge in [0.1, 0.15) is 6.04 Å². The lowest BCUT2D eigenvalue weighted by molar-refractivity contribution is -0.122. The van der Waals surface area contributed by atoms with Crippen molar-refractivity contribution >= 4 is 50.5 Å². The number of para-hydroxylation sites is 2. The summed E-state index contributed by atoms with van der Waals surface area (Å²) in [4.78, 5) is 47.5. The summed E-state index contributed by atoms with van der Waals surface area (Å²) < 4.78 is 4.03. The van der Waals surface area contributed by atoms with Gasteiger partial charge in [-0.2, -0.15) is 0 Å². The highest BCUT2D eigenvalue weighted by molar-refractivity contribution is 6.51. The van der Waals surface area contributed by atoms with Crippen LogP contribution in [0.2, 0.25) is 0 Å². The van der Waals surface area contributed by atoms with Gasteiger partial charge in [-0.15, -0.1) is 0 Å². The van der Waals surface area contributed by atoms with Crippen LogP contribution < -0.4 is 10.6 Å². The van der Waals surface area contributed by atoms with Crippen LogP contribution in [-0.2, 0) is 23.2 Å². The summed E-state index contributed by atoms with van der Waals surface area (Å²) in [5.74, 6) is -0.913. The Labute approximate surface area is 210 Å². The standard InChI is InChI=1S/C28H22N6O3/c1-33-14-17(15-6-2-4-8-18(15)33)21-22(28(37)32-27(21)36)20-16-7-3-5-9-19(16)34-13-12-29-23(24(20)34)25(35)26-30-10-11-31-26/h2-11,14,23,29H,12-13H2,1H3,(H,30,31)(H,32,36,37). The summed E-state index contributed by atoms with van der Waals surface area (Å²) in [5, 5.41) is 7.55. The molecular formula is C28H22N6O3. The van der Waals surface area contributed by atoms with E-state index in [1.54, 1.807) is 6.20 Å². The fourth-order valence-electron chi connectivity index (χ4n) is 5.79.